The third-order valence-corrected chi connectivity index (χ3v) is 15.1. The molecule has 0 aromatic heterocycles. The van der Waals surface area contributed by atoms with Gasteiger partial charge in [-0.25, -0.2) is 0 Å². The van der Waals surface area contributed by atoms with Gasteiger partial charge in [-0.3, -0.25) is 10.6 Å². The predicted octanol–water partition coefficient (Wildman–Crippen LogP) is 15.6. The number of hydrogen-bond donors (Lipinski definition) is 2. The molecule has 11 rings (SSSR count). The Balaban J connectivity index is 0.837. The van der Waals surface area contributed by atoms with E-state index in [1.54, 1.807) is 0 Å². The molecule has 0 spiro atoms. The molecular weight excluding hydrogens is 811 g/mol. The Labute approximate surface area is 399 Å². The van der Waals surface area contributed by atoms with E-state index in [0.717, 1.165) is 70.6 Å². The van der Waals surface area contributed by atoms with E-state index in [0.29, 0.717) is 5.92 Å². The van der Waals surface area contributed by atoms with Crippen LogP contribution in [0.3, 0.4) is 0 Å². The summed E-state index contributed by atoms with van der Waals surface area (Å²) in [6, 6.07) is 39.8. The van der Waals surface area contributed by atoms with Crippen molar-refractivity contribution in [2.45, 2.75) is 101 Å². The highest BCUT2D eigenvalue weighted by atomic mass is 15.2. The minimum Gasteiger partial charge on any atom is -0.334 e. The van der Waals surface area contributed by atoms with E-state index in [1.807, 2.05) is 0 Å². The largest absolute Gasteiger partial charge is 0.334 e. The van der Waals surface area contributed by atoms with Crippen molar-refractivity contribution in [3.05, 3.63) is 257 Å². The Kier molecular flexibility index (Phi) is 13.0. The van der Waals surface area contributed by atoms with Gasteiger partial charge in [0.05, 0.1) is 12.2 Å². The standard InChI is InChI=1S/C64H63N3/c1-5-13-46(14-6-1)50-21-27-56(28-22-50)62-45-63(66-64(65-62)58-31-25-51(26-32-58)47-15-7-2-8-16-47)57-29-23-52(24-30-57)55-37-43-61(44-38-55)67(59-39-33-53(34-40-59)48-17-9-3-10-18-48)60-41-35-54(36-42-60)49-19-11-4-12-20-49/h2-5,7-11,13-17,19,21-23,25,27-29,31,33-41,43-44,48,60,62-66H,1,6,12,18,20,24,26,30,32,42,45H2. The molecule has 67 heavy (non-hydrogen) atoms. The van der Waals surface area contributed by atoms with Gasteiger partial charge in [0, 0.05) is 29.4 Å². The molecule has 3 nitrogen and oxygen atoms in total. The quantitative estimate of drug-likeness (QED) is 0.157. The third-order valence-electron chi connectivity index (χ3n) is 15.1. The number of rotatable bonds is 11. The van der Waals surface area contributed by atoms with Gasteiger partial charge in [-0.15, -0.1) is 0 Å². The summed E-state index contributed by atoms with van der Waals surface area (Å²) in [6.07, 6.45) is 51.4. The Hall–Kier alpha value is -6.52. The summed E-state index contributed by atoms with van der Waals surface area (Å²) in [6.45, 7) is 0. The summed E-state index contributed by atoms with van der Waals surface area (Å²) in [5.41, 5.74) is 19.1. The van der Waals surface area contributed by atoms with Crippen LogP contribution in [0.15, 0.2) is 229 Å². The maximum Gasteiger partial charge on any atom is 0.0806 e. The first-order valence-electron chi connectivity index (χ1n) is 25.1. The topological polar surface area (TPSA) is 27.3 Å². The lowest BCUT2D eigenvalue weighted by Gasteiger charge is -2.41. The molecule has 4 aromatic carbocycles. The fourth-order valence-electron chi connectivity index (χ4n) is 11.2. The average molecular weight is 874 g/mol. The molecule has 1 fully saturated rings. The summed E-state index contributed by atoms with van der Waals surface area (Å²) in [4.78, 5) is 2.55. The first kappa shape index (κ1) is 43.1. The normalized spacial score (nSPS) is 24.7. The van der Waals surface area contributed by atoms with E-state index in [4.69, 9.17) is 0 Å². The van der Waals surface area contributed by atoms with E-state index in [1.165, 1.54) is 78.2 Å². The molecule has 3 heteroatoms. The molecule has 0 amide bonds. The Morgan fingerprint density at radius 2 is 1.16 bits per heavy atom. The number of nitrogens with one attached hydrogen (secondary N) is 2. The number of nitrogens with zero attached hydrogens (tertiary/aromatic N) is 1. The maximum absolute atomic E-state index is 4.12. The number of benzene rings is 4. The highest BCUT2D eigenvalue weighted by Crippen LogP contribution is 2.39. The van der Waals surface area contributed by atoms with Gasteiger partial charge in [0.2, 0.25) is 0 Å². The molecule has 0 radical (unpaired) electrons. The Bertz CT molecular complexity index is 2810. The minimum absolute atomic E-state index is 0.114. The van der Waals surface area contributed by atoms with Crippen molar-refractivity contribution in [1.29, 1.82) is 0 Å². The molecule has 1 aliphatic heterocycles. The van der Waals surface area contributed by atoms with E-state index in [9.17, 15) is 0 Å². The van der Waals surface area contributed by atoms with Gasteiger partial charge in [-0.05, 0) is 156 Å². The number of hydrogen-bond acceptors (Lipinski definition) is 3. The summed E-state index contributed by atoms with van der Waals surface area (Å²) < 4.78 is 0. The van der Waals surface area contributed by atoms with Gasteiger partial charge < -0.3 is 4.90 Å². The van der Waals surface area contributed by atoms with E-state index >= 15 is 0 Å². The van der Waals surface area contributed by atoms with E-state index in [2.05, 4.69) is 222 Å². The zero-order chi connectivity index (χ0) is 44.8. The molecule has 2 N–H and O–H groups in total. The smallest absolute Gasteiger partial charge is 0.0806 e. The monoisotopic (exact) mass is 874 g/mol. The van der Waals surface area contributed by atoms with Crippen LogP contribution in [-0.4, -0.2) is 18.2 Å². The SMILES string of the molecule is C1=CCCC(C2=CCC(N(c3ccc(C4=CC=C(C5CC(c6ccc(C7=CCCC=C7)cc6)NC(C6=CC=C(c7ccccc7)CC6)N5)CC4)cc3)c3ccc(C4C=CC=CC4)cc3)C=C2)=C1. The zero-order valence-corrected chi connectivity index (χ0v) is 38.7. The molecule has 7 aliphatic rings. The first-order valence-corrected chi connectivity index (χ1v) is 25.1. The Morgan fingerprint density at radius 3 is 1.82 bits per heavy atom. The molecular formula is C64H63N3. The van der Waals surface area contributed by atoms with E-state index in [-0.39, 0.29) is 24.3 Å². The van der Waals surface area contributed by atoms with Gasteiger partial charge >= 0.3 is 0 Å². The third kappa shape index (κ3) is 9.82. The van der Waals surface area contributed by atoms with Crippen LogP contribution >= 0.6 is 0 Å². The lowest BCUT2D eigenvalue weighted by atomic mass is 9.83. The molecule has 4 aromatic rings. The molecule has 6 aliphatic carbocycles. The van der Waals surface area contributed by atoms with Crippen molar-refractivity contribution in [3.8, 4) is 0 Å². The summed E-state index contributed by atoms with van der Waals surface area (Å²) in [5, 5.41) is 8.20. The van der Waals surface area contributed by atoms with Crippen LogP contribution in [0.4, 0.5) is 11.4 Å². The van der Waals surface area contributed by atoms with Gasteiger partial charge in [0.1, 0.15) is 0 Å². The van der Waals surface area contributed by atoms with Crippen molar-refractivity contribution < 1.29 is 0 Å². The van der Waals surface area contributed by atoms with Crippen molar-refractivity contribution in [3.63, 3.8) is 0 Å². The number of allylic oxidation sites excluding steroid dienone is 20. The number of anilines is 2. The lowest BCUT2D eigenvalue weighted by molar-refractivity contribution is 0.281. The molecule has 1 heterocycles. The molecule has 5 atom stereocenters. The lowest BCUT2D eigenvalue weighted by Crippen LogP contribution is -2.56. The molecule has 5 unspecified atom stereocenters. The highest BCUT2D eigenvalue weighted by molar-refractivity contribution is 5.75. The van der Waals surface area contributed by atoms with Crippen molar-refractivity contribution in [2.75, 3.05) is 4.90 Å². The van der Waals surface area contributed by atoms with Crippen LogP contribution < -0.4 is 15.5 Å². The van der Waals surface area contributed by atoms with Crippen LogP contribution in [0, 0.1) is 0 Å². The maximum atomic E-state index is 4.12. The van der Waals surface area contributed by atoms with Crippen LogP contribution in [0.2, 0.25) is 0 Å². The second-order valence-corrected chi connectivity index (χ2v) is 19.2. The van der Waals surface area contributed by atoms with E-state index < -0.39 is 0 Å². The fourth-order valence-corrected chi connectivity index (χ4v) is 11.2. The predicted molar refractivity (Wildman–Crippen MR) is 284 cm³/mol. The van der Waals surface area contributed by atoms with Crippen LogP contribution in [-0.2, 0) is 0 Å². The second-order valence-electron chi connectivity index (χ2n) is 19.2. The van der Waals surface area contributed by atoms with Gasteiger partial charge in [-0.2, -0.15) is 0 Å². The summed E-state index contributed by atoms with van der Waals surface area (Å²) in [5.74, 6) is 0.441. The molecule has 334 valence electrons. The zero-order valence-electron chi connectivity index (χ0n) is 38.7. The molecule has 0 saturated carbocycles. The summed E-state index contributed by atoms with van der Waals surface area (Å²) in [7, 11) is 0. The van der Waals surface area contributed by atoms with Crippen LogP contribution in [0.5, 0.6) is 0 Å². The summed E-state index contributed by atoms with van der Waals surface area (Å²) >= 11 is 0. The molecule has 1 saturated heterocycles. The van der Waals surface area contributed by atoms with Gasteiger partial charge in [-0.1, -0.05) is 188 Å². The van der Waals surface area contributed by atoms with Gasteiger partial charge in [0.25, 0.3) is 0 Å². The fraction of sp³-hybridized carbons (Fsp3) is 0.250. The van der Waals surface area contributed by atoms with Crippen LogP contribution in [0.25, 0.3) is 16.7 Å². The van der Waals surface area contributed by atoms with Crippen LogP contribution in [0.1, 0.15) is 110 Å². The molecule has 0 bridgehead atoms. The second kappa shape index (κ2) is 20.1. The van der Waals surface area contributed by atoms with Crippen molar-refractivity contribution in [2.24, 2.45) is 0 Å². The Morgan fingerprint density at radius 1 is 0.448 bits per heavy atom. The minimum atomic E-state index is 0.114. The van der Waals surface area contributed by atoms with Crippen molar-refractivity contribution in [1.82, 2.24) is 10.6 Å². The first-order chi connectivity index (χ1) is 33.2. The highest BCUT2D eigenvalue weighted by Gasteiger charge is 2.33. The van der Waals surface area contributed by atoms with Gasteiger partial charge in [0.15, 0.2) is 0 Å². The van der Waals surface area contributed by atoms with Crippen molar-refractivity contribution >= 4 is 28.1 Å². The average Bonchev–Trinajstić information content (AvgIpc) is 3.42.